The molecule has 2 atom stereocenters. The number of amides is 3. The molecular formula is C31H33FN6O2. The third-order valence-electron chi connectivity index (χ3n) is 8.69. The van der Waals surface area contributed by atoms with Gasteiger partial charge in [-0.15, -0.1) is 0 Å². The highest BCUT2D eigenvalue weighted by molar-refractivity contribution is 5.82. The molecule has 9 heteroatoms. The molecule has 0 radical (unpaired) electrons. The largest absolute Gasteiger partial charge is 0.341 e. The van der Waals surface area contributed by atoms with E-state index in [4.69, 9.17) is 5.10 Å². The van der Waals surface area contributed by atoms with Crippen LogP contribution >= 0.6 is 0 Å². The third kappa shape index (κ3) is 4.94. The average Bonchev–Trinajstić information content (AvgIpc) is 3.59. The lowest BCUT2D eigenvalue weighted by atomic mass is 9.75. The van der Waals surface area contributed by atoms with Crippen LogP contribution in [0.25, 0.3) is 16.8 Å². The molecule has 6 rings (SSSR count). The van der Waals surface area contributed by atoms with E-state index in [0.29, 0.717) is 31.8 Å². The van der Waals surface area contributed by atoms with Crippen LogP contribution in [0.2, 0.25) is 0 Å². The number of urea groups is 1. The minimum atomic E-state index is -0.708. The van der Waals surface area contributed by atoms with E-state index < -0.39 is 5.54 Å². The van der Waals surface area contributed by atoms with Gasteiger partial charge in [0.25, 0.3) is 0 Å². The van der Waals surface area contributed by atoms with Crippen LogP contribution < -0.4 is 10.6 Å². The summed E-state index contributed by atoms with van der Waals surface area (Å²) in [5, 5.41) is 20.2. The maximum atomic E-state index is 13.7. The van der Waals surface area contributed by atoms with Gasteiger partial charge in [-0.25, -0.2) is 13.9 Å². The van der Waals surface area contributed by atoms with Gasteiger partial charge < -0.3 is 15.5 Å². The van der Waals surface area contributed by atoms with E-state index in [1.54, 1.807) is 28.8 Å². The molecule has 2 aromatic carbocycles. The predicted molar refractivity (Wildman–Crippen MR) is 148 cm³/mol. The molecule has 2 aliphatic carbocycles. The van der Waals surface area contributed by atoms with Gasteiger partial charge in [0.1, 0.15) is 11.4 Å². The summed E-state index contributed by atoms with van der Waals surface area (Å²) in [6.07, 6.45) is 6.92. The Kier molecular flexibility index (Phi) is 6.78. The maximum Gasteiger partial charge on any atom is 0.317 e. The number of aromatic nitrogens is 2. The fraction of sp³-hybridized carbons (Fsp3) is 0.419. The standard InChI is InChI=1S/C31H33FN6O2/c1-34-30(40)37-16-22(17-37)20-6-8-21(9-7-20)27-18-38(24-12-10-23(32)11-13-24)36-28(27)25-4-2-3-5-26(25)29(39)35-31(19-33)14-15-31/h6-13,18,22,25-26H,2-5,14-17H2,1H3,(H,34,40)(H,35,39). The first kappa shape index (κ1) is 26.1. The monoisotopic (exact) mass is 540 g/mol. The molecule has 206 valence electrons. The first-order valence-electron chi connectivity index (χ1n) is 14.1. The fourth-order valence-corrected chi connectivity index (χ4v) is 6.05. The maximum absolute atomic E-state index is 13.7. The first-order valence-corrected chi connectivity index (χ1v) is 14.1. The number of benzene rings is 2. The Hall–Kier alpha value is -4.19. The number of rotatable bonds is 6. The van der Waals surface area contributed by atoms with Crippen molar-refractivity contribution in [1.29, 1.82) is 5.26 Å². The Labute approximate surface area is 233 Å². The van der Waals surface area contributed by atoms with Crippen LogP contribution in [-0.2, 0) is 4.79 Å². The average molecular weight is 541 g/mol. The second-order valence-corrected chi connectivity index (χ2v) is 11.3. The zero-order chi connectivity index (χ0) is 27.9. The molecule has 0 bridgehead atoms. The minimum absolute atomic E-state index is 0.0563. The number of halogens is 1. The fourth-order valence-electron chi connectivity index (χ4n) is 6.05. The molecule has 1 saturated heterocycles. The SMILES string of the molecule is CNC(=O)N1CC(c2ccc(-c3cn(-c4ccc(F)cc4)nc3C3CCCCC3C(=O)NC3(C#N)CC3)cc2)C1. The van der Waals surface area contributed by atoms with Crippen molar-refractivity contribution in [2.75, 3.05) is 20.1 Å². The molecule has 2 heterocycles. The Morgan fingerprint density at radius 2 is 1.75 bits per heavy atom. The van der Waals surface area contributed by atoms with Crippen molar-refractivity contribution in [2.24, 2.45) is 5.92 Å². The quantitative estimate of drug-likeness (QED) is 0.466. The zero-order valence-corrected chi connectivity index (χ0v) is 22.6. The van der Waals surface area contributed by atoms with E-state index in [1.165, 1.54) is 17.7 Å². The molecule has 1 aliphatic heterocycles. The number of hydrogen-bond donors (Lipinski definition) is 2. The molecule has 2 unspecified atom stereocenters. The van der Waals surface area contributed by atoms with E-state index in [0.717, 1.165) is 48.2 Å². The Balaban J connectivity index is 1.32. The summed E-state index contributed by atoms with van der Waals surface area (Å²) in [6, 6.07) is 16.8. The summed E-state index contributed by atoms with van der Waals surface area (Å²) in [5.74, 6) is -0.429. The summed E-state index contributed by atoms with van der Waals surface area (Å²) in [6.45, 7) is 1.38. The summed E-state index contributed by atoms with van der Waals surface area (Å²) < 4.78 is 15.4. The molecular weight excluding hydrogens is 507 g/mol. The summed E-state index contributed by atoms with van der Waals surface area (Å²) in [4.78, 5) is 27.1. The van der Waals surface area contributed by atoms with Crippen molar-refractivity contribution in [3.8, 4) is 22.9 Å². The number of carbonyl (C=O) groups excluding carboxylic acids is 2. The van der Waals surface area contributed by atoms with Crippen LogP contribution in [0.3, 0.4) is 0 Å². The lowest BCUT2D eigenvalue weighted by molar-refractivity contribution is -0.127. The van der Waals surface area contributed by atoms with Crippen LogP contribution in [0.4, 0.5) is 9.18 Å². The van der Waals surface area contributed by atoms with Crippen LogP contribution in [-0.4, -0.2) is 52.3 Å². The second kappa shape index (κ2) is 10.4. The number of carbonyl (C=O) groups is 2. The lowest BCUT2D eigenvalue weighted by Crippen LogP contribution is -2.51. The van der Waals surface area contributed by atoms with Gasteiger partial charge in [0.15, 0.2) is 0 Å². The van der Waals surface area contributed by atoms with E-state index in [-0.39, 0.29) is 29.6 Å². The van der Waals surface area contributed by atoms with Gasteiger partial charge in [0, 0.05) is 49.7 Å². The van der Waals surface area contributed by atoms with Gasteiger partial charge in [-0.1, -0.05) is 37.1 Å². The highest BCUT2D eigenvalue weighted by atomic mass is 19.1. The predicted octanol–water partition coefficient (Wildman–Crippen LogP) is 4.86. The molecule has 2 N–H and O–H groups in total. The zero-order valence-electron chi connectivity index (χ0n) is 22.6. The number of hydrogen-bond acceptors (Lipinski definition) is 4. The number of likely N-dealkylation sites (tertiary alicyclic amines) is 1. The second-order valence-electron chi connectivity index (χ2n) is 11.3. The van der Waals surface area contributed by atoms with Crippen molar-refractivity contribution >= 4 is 11.9 Å². The lowest BCUT2D eigenvalue weighted by Gasteiger charge is -2.39. The topological polar surface area (TPSA) is 103 Å². The normalized spacial score (nSPS) is 21.7. The Bertz CT molecular complexity index is 1450. The number of nitrogens with one attached hydrogen (secondary N) is 2. The van der Waals surface area contributed by atoms with Crippen molar-refractivity contribution in [2.45, 2.75) is 55.9 Å². The van der Waals surface area contributed by atoms with Gasteiger partial charge in [-0.2, -0.15) is 10.4 Å². The van der Waals surface area contributed by atoms with E-state index in [2.05, 4.69) is 41.0 Å². The highest BCUT2D eigenvalue weighted by Crippen LogP contribution is 2.43. The van der Waals surface area contributed by atoms with Crippen molar-refractivity contribution in [3.05, 3.63) is 71.8 Å². The molecule has 1 aromatic heterocycles. The Morgan fingerprint density at radius 3 is 2.40 bits per heavy atom. The molecule has 40 heavy (non-hydrogen) atoms. The van der Waals surface area contributed by atoms with Gasteiger partial charge in [-0.05, 0) is 61.1 Å². The number of nitriles is 1. The highest BCUT2D eigenvalue weighted by Gasteiger charge is 2.47. The summed E-state index contributed by atoms with van der Waals surface area (Å²) >= 11 is 0. The smallest absolute Gasteiger partial charge is 0.317 e. The molecule has 0 spiro atoms. The molecule has 8 nitrogen and oxygen atoms in total. The summed E-state index contributed by atoms with van der Waals surface area (Å²) in [5.41, 5.74) is 4.01. The minimum Gasteiger partial charge on any atom is -0.341 e. The van der Waals surface area contributed by atoms with Crippen molar-refractivity contribution in [3.63, 3.8) is 0 Å². The molecule has 3 fully saturated rings. The van der Waals surface area contributed by atoms with Crippen LogP contribution in [0, 0.1) is 23.1 Å². The van der Waals surface area contributed by atoms with Crippen LogP contribution in [0.1, 0.15) is 61.6 Å². The molecule has 3 amide bonds. The first-order chi connectivity index (χ1) is 19.4. The van der Waals surface area contributed by atoms with E-state index >= 15 is 0 Å². The molecule has 2 saturated carbocycles. The van der Waals surface area contributed by atoms with E-state index in [9.17, 15) is 19.2 Å². The van der Waals surface area contributed by atoms with Crippen molar-refractivity contribution in [1.82, 2.24) is 25.3 Å². The Morgan fingerprint density at radius 1 is 1.05 bits per heavy atom. The van der Waals surface area contributed by atoms with Gasteiger partial charge in [0.05, 0.1) is 17.5 Å². The summed E-state index contributed by atoms with van der Waals surface area (Å²) in [7, 11) is 1.64. The number of nitrogens with zero attached hydrogens (tertiary/aromatic N) is 4. The van der Waals surface area contributed by atoms with Crippen LogP contribution in [0.5, 0.6) is 0 Å². The van der Waals surface area contributed by atoms with Crippen molar-refractivity contribution < 1.29 is 14.0 Å². The van der Waals surface area contributed by atoms with Gasteiger partial charge in [0.2, 0.25) is 5.91 Å². The third-order valence-corrected chi connectivity index (χ3v) is 8.69. The van der Waals surface area contributed by atoms with E-state index in [1.807, 2.05) is 6.20 Å². The van der Waals surface area contributed by atoms with Gasteiger partial charge >= 0.3 is 6.03 Å². The van der Waals surface area contributed by atoms with Crippen LogP contribution in [0.15, 0.2) is 54.7 Å². The van der Waals surface area contributed by atoms with Gasteiger partial charge in [-0.3, -0.25) is 4.79 Å². The molecule has 3 aliphatic rings. The molecule has 3 aromatic rings.